The summed E-state index contributed by atoms with van der Waals surface area (Å²) in [5, 5.41) is 8.85. The van der Waals surface area contributed by atoms with Crippen molar-refractivity contribution in [1.29, 1.82) is 0 Å². The molecule has 11 heteroatoms. The lowest BCUT2D eigenvalue weighted by molar-refractivity contribution is -0.274. The molecule has 4 aromatic rings. The smallest absolute Gasteiger partial charge is 0.497 e. The number of imidazole rings is 1. The van der Waals surface area contributed by atoms with Gasteiger partial charge in [-0.1, -0.05) is 12.1 Å². The van der Waals surface area contributed by atoms with Crippen molar-refractivity contribution >= 4 is 5.97 Å². The molecule has 0 spiro atoms. The standard InChI is InChI=1S/C27H23F3N2O6/c1-16-13-21(11-12-23(16)36-15-24(33)34)37-25(17-3-9-20(10-4-17)38-27(28,29)30)22-14-31-26(32-22)18-5-7-19(35-2)8-6-18/h3-14,25H,15H2,1-2H3,(H,31,32)(H,33,34). The van der Waals surface area contributed by atoms with Gasteiger partial charge in [-0.05, 0) is 72.6 Å². The molecule has 0 fully saturated rings. The number of aliphatic carboxylic acids is 1. The van der Waals surface area contributed by atoms with Crippen LogP contribution in [0.25, 0.3) is 11.4 Å². The van der Waals surface area contributed by atoms with Crippen LogP contribution in [0.4, 0.5) is 13.2 Å². The van der Waals surface area contributed by atoms with Gasteiger partial charge in [-0.2, -0.15) is 0 Å². The second-order valence-electron chi connectivity index (χ2n) is 8.13. The zero-order chi connectivity index (χ0) is 27.3. The van der Waals surface area contributed by atoms with Gasteiger partial charge in [-0.15, -0.1) is 13.2 Å². The third kappa shape index (κ3) is 6.75. The van der Waals surface area contributed by atoms with E-state index >= 15 is 0 Å². The Kier molecular flexibility index (Phi) is 7.75. The second kappa shape index (κ2) is 11.2. The number of carbonyl (C=O) groups is 1. The van der Waals surface area contributed by atoms with Gasteiger partial charge < -0.3 is 29.0 Å². The Balaban J connectivity index is 1.64. The first-order chi connectivity index (χ1) is 18.1. The van der Waals surface area contributed by atoms with Crippen LogP contribution in [-0.4, -0.2) is 41.1 Å². The van der Waals surface area contributed by atoms with Gasteiger partial charge in [0.05, 0.1) is 7.11 Å². The van der Waals surface area contributed by atoms with Crippen molar-refractivity contribution < 1.29 is 42.0 Å². The molecule has 1 aromatic heterocycles. The number of H-pyrrole nitrogens is 1. The molecule has 1 heterocycles. The van der Waals surface area contributed by atoms with Gasteiger partial charge in [-0.25, -0.2) is 9.78 Å². The maximum absolute atomic E-state index is 12.6. The molecule has 3 aromatic carbocycles. The minimum absolute atomic E-state index is 0.364. The van der Waals surface area contributed by atoms with Gasteiger partial charge in [-0.3, -0.25) is 0 Å². The quantitative estimate of drug-likeness (QED) is 0.263. The molecule has 2 N–H and O–H groups in total. The number of hydrogen-bond donors (Lipinski definition) is 2. The third-order valence-electron chi connectivity index (χ3n) is 5.40. The summed E-state index contributed by atoms with van der Waals surface area (Å²) in [5.74, 6) is 0.577. The number of carboxylic acids is 1. The number of nitrogens with one attached hydrogen (secondary N) is 1. The van der Waals surface area contributed by atoms with E-state index in [1.807, 2.05) is 12.1 Å². The van der Waals surface area contributed by atoms with Gasteiger partial charge in [0.15, 0.2) is 12.7 Å². The van der Waals surface area contributed by atoms with Crippen molar-refractivity contribution in [2.45, 2.75) is 19.4 Å². The van der Waals surface area contributed by atoms with Gasteiger partial charge in [0, 0.05) is 11.8 Å². The lowest BCUT2D eigenvalue weighted by Gasteiger charge is -2.19. The van der Waals surface area contributed by atoms with Crippen molar-refractivity contribution in [3.8, 4) is 34.4 Å². The predicted octanol–water partition coefficient (Wildman–Crippen LogP) is 5.92. The summed E-state index contributed by atoms with van der Waals surface area (Å²) < 4.78 is 58.5. The molecule has 0 aliphatic rings. The number of methoxy groups -OCH3 is 1. The molecule has 0 saturated heterocycles. The number of nitrogens with zero attached hydrogens (tertiary/aromatic N) is 1. The molecule has 0 aliphatic carbocycles. The Morgan fingerprint density at radius 3 is 2.26 bits per heavy atom. The maximum Gasteiger partial charge on any atom is 0.573 e. The van der Waals surface area contributed by atoms with E-state index in [1.54, 1.807) is 50.6 Å². The highest BCUT2D eigenvalue weighted by Gasteiger charge is 2.31. The number of hydrogen-bond acceptors (Lipinski definition) is 6. The van der Waals surface area contributed by atoms with Crippen molar-refractivity contribution in [2.75, 3.05) is 13.7 Å². The van der Waals surface area contributed by atoms with Crippen molar-refractivity contribution in [2.24, 2.45) is 0 Å². The number of halogens is 3. The number of ether oxygens (including phenoxy) is 4. The first-order valence-corrected chi connectivity index (χ1v) is 11.3. The number of carboxylic acid groups (broad SMARTS) is 1. The lowest BCUT2D eigenvalue weighted by atomic mass is 10.1. The first kappa shape index (κ1) is 26.4. The number of benzene rings is 3. The van der Waals surface area contributed by atoms with E-state index in [9.17, 15) is 18.0 Å². The van der Waals surface area contributed by atoms with Crippen molar-refractivity contribution in [3.05, 3.63) is 89.7 Å². The minimum atomic E-state index is -4.81. The van der Waals surface area contributed by atoms with E-state index < -0.39 is 25.0 Å². The number of aromatic amines is 1. The zero-order valence-corrected chi connectivity index (χ0v) is 20.3. The molecule has 0 aliphatic heterocycles. The average Bonchev–Trinajstić information content (AvgIpc) is 3.36. The van der Waals surface area contributed by atoms with Crippen LogP contribution in [0.2, 0.25) is 0 Å². The Bertz CT molecular complexity index is 1390. The summed E-state index contributed by atoms with van der Waals surface area (Å²) >= 11 is 0. The molecule has 0 bridgehead atoms. The monoisotopic (exact) mass is 528 g/mol. The summed E-state index contributed by atoms with van der Waals surface area (Å²) in [6.45, 7) is 1.25. The number of aryl methyl sites for hydroxylation is 1. The summed E-state index contributed by atoms with van der Waals surface area (Å²) in [7, 11) is 1.57. The van der Waals surface area contributed by atoms with Crippen LogP contribution >= 0.6 is 0 Å². The fraction of sp³-hybridized carbons (Fsp3) is 0.185. The number of alkyl halides is 3. The SMILES string of the molecule is COc1ccc(-c2nc(C(Oc3ccc(OCC(=O)O)c(C)c3)c3ccc(OC(F)(F)F)cc3)c[nH]2)cc1. The maximum atomic E-state index is 12.6. The van der Waals surface area contributed by atoms with Crippen molar-refractivity contribution in [1.82, 2.24) is 9.97 Å². The summed E-state index contributed by atoms with van der Waals surface area (Å²) in [6, 6.07) is 17.4. The molecule has 0 saturated carbocycles. The summed E-state index contributed by atoms with van der Waals surface area (Å²) in [4.78, 5) is 18.6. The molecule has 1 atom stereocenters. The lowest BCUT2D eigenvalue weighted by Crippen LogP contribution is -2.17. The van der Waals surface area contributed by atoms with Crippen LogP contribution < -0.4 is 18.9 Å². The van der Waals surface area contributed by atoms with Crippen LogP contribution in [0.3, 0.4) is 0 Å². The Labute approximate surface area is 215 Å². The van der Waals surface area contributed by atoms with Gasteiger partial charge in [0.2, 0.25) is 0 Å². The molecule has 8 nitrogen and oxygen atoms in total. The fourth-order valence-corrected chi connectivity index (χ4v) is 3.64. The van der Waals surface area contributed by atoms with E-state index in [1.165, 1.54) is 24.3 Å². The normalized spacial score (nSPS) is 12.0. The van der Waals surface area contributed by atoms with E-state index in [0.717, 1.165) is 5.56 Å². The van der Waals surface area contributed by atoms with Crippen LogP contribution in [-0.2, 0) is 4.79 Å². The highest BCUT2D eigenvalue weighted by atomic mass is 19.4. The van der Waals surface area contributed by atoms with E-state index in [-0.39, 0.29) is 5.75 Å². The molecule has 38 heavy (non-hydrogen) atoms. The van der Waals surface area contributed by atoms with Crippen LogP contribution in [0.5, 0.6) is 23.0 Å². The molecular weight excluding hydrogens is 505 g/mol. The van der Waals surface area contributed by atoms with Crippen LogP contribution in [0.1, 0.15) is 22.9 Å². The topological polar surface area (TPSA) is 103 Å². The highest BCUT2D eigenvalue weighted by molar-refractivity contribution is 5.68. The fourth-order valence-electron chi connectivity index (χ4n) is 3.64. The molecule has 0 amide bonds. The summed E-state index contributed by atoms with van der Waals surface area (Å²) in [6.07, 6.45) is -3.96. The molecule has 198 valence electrons. The Morgan fingerprint density at radius 2 is 1.66 bits per heavy atom. The van der Waals surface area contributed by atoms with E-state index in [2.05, 4.69) is 14.7 Å². The first-order valence-electron chi connectivity index (χ1n) is 11.3. The molecular formula is C27H23F3N2O6. The average molecular weight is 528 g/mol. The molecule has 0 radical (unpaired) electrons. The third-order valence-corrected chi connectivity index (χ3v) is 5.40. The van der Waals surface area contributed by atoms with Crippen LogP contribution in [0.15, 0.2) is 72.9 Å². The minimum Gasteiger partial charge on any atom is -0.497 e. The number of aromatic nitrogens is 2. The predicted molar refractivity (Wildman–Crippen MR) is 130 cm³/mol. The largest absolute Gasteiger partial charge is 0.573 e. The van der Waals surface area contributed by atoms with Crippen LogP contribution in [0, 0.1) is 6.92 Å². The van der Waals surface area contributed by atoms with Crippen molar-refractivity contribution in [3.63, 3.8) is 0 Å². The van der Waals surface area contributed by atoms with Gasteiger partial charge >= 0.3 is 12.3 Å². The molecule has 4 rings (SSSR count). The van der Waals surface area contributed by atoms with E-state index in [0.29, 0.717) is 39.9 Å². The Hall–Kier alpha value is -4.67. The van der Waals surface area contributed by atoms with Gasteiger partial charge in [0.25, 0.3) is 0 Å². The number of rotatable bonds is 10. The highest BCUT2D eigenvalue weighted by Crippen LogP contribution is 2.33. The van der Waals surface area contributed by atoms with Gasteiger partial charge in [0.1, 0.15) is 34.5 Å². The molecule has 1 unspecified atom stereocenters. The van der Waals surface area contributed by atoms with E-state index in [4.69, 9.17) is 19.3 Å². The second-order valence-corrected chi connectivity index (χ2v) is 8.13. The summed E-state index contributed by atoms with van der Waals surface area (Å²) in [5.41, 5.74) is 2.43. The zero-order valence-electron chi connectivity index (χ0n) is 20.3. The Morgan fingerprint density at radius 1 is 1.00 bits per heavy atom.